The molecule has 1 N–H and O–H groups in total. The quantitative estimate of drug-likeness (QED) is 0.619. The third-order valence-corrected chi connectivity index (χ3v) is 4.58. The summed E-state index contributed by atoms with van der Waals surface area (Å²) >= 11 is 0. The van der Waals surface area contributed by atoms with Crippen LogP contribution in [0.3, 0.4) is 0 Å². The fourth-order valence-corrected chi connectivity index (χ4v) is 3.22. The standard InChI is InChI=1S/C21H22O9/c1-24-12-7-10(8-13(25-2)18(12)27-4)17-21(29-6)16(23)15-11(22)9-14(26-3)19(28-5)20(15)30-17/h7-9,22H,1-6H3. The van der Waals surface area contributed by atoms with E-state index in [-0.39, 0.29) is 39.7 Å². The van der Waals surface area contributed by atoms with Crippen molar-refractivity contribution in [3.05, 3.63) is 28.4 Å². The van der Waals surface area contributed by atoms with Gasteiger partial charge in [0.05, 0.1) is 42.7 Å². The molecule has 0 aliphatic heterocycles. The van der Waals surface area contributed by atoms with Crippen LogP contribution in [0.2, 0.25) is 0 Å². The van der Waals surface area contributed by atoms with E-state index in [0.29, 0.717) is 22.8 Å². The van der Waals surface area contributed by atoms with Crippen LogP contribution in [0.4, 0.5) is 0 Å². The molecule has 9 heteroatoms. The molecule has 0 fully saturated rings. The molecule has 9 nitrogen and oxygen atoms in total. The Morgan fingerprint density at radius 3 is 1.67 bits per heavy atom. The number of benzene rings is 2. The Balaban J connectivity index is 2.46. The number of ether oxygens (including phenoxy) is 6. The highest BCUT2D eigenvalue weighted by molar-refractivity contribution is 5.93. The number of hydrogen-bond donors (Lipinski definition) is 1. The van der Waals surface area contributed by atoms with Crippen LogP contribution in [0.25, 0.3) is 22.3 Å². The zero-order valence-electron chi connectivity index (χ0n) is 17.4. The van der Waals surface area contributed by atoms with Crippen molar-refractivity contribution >= 4 is 11.0 Å². The van der Waals surface area contributed by atoms with E-state index in [2.05, 4.69) is 0 Å². The number of phenols is 1. The van der Waals surface area contributed by atoms with Crippen LogP contribution >= 0.6 is 0 Å². The lowest BCUT2D eigenvalue weighted by Gasteiger charge is -2.16. The van der Waals surface area contributed by atoms with Gasteiger partial charge >= 0.3 is 0 Å². The number of rotatable bonds is 7. The molecule has 30 heavy (non-hydrogen) atoms. The first kappa shape index (κ1) is 21.0. The van der Waals surface area contributed by atoms with E-state index in [1.54, 1.807) is 12.1 Å². The van der Waals surface area contributed by atoms with Crippen LogP contribution < -0.4 is 33.8 Å². The average molecular weight is 418 g/mol. The van der Waals surface area contributed by atoms with Crippen molar-refractivity contribution in [3.63, 3.8) is 0 Å². The maximum Gasteiger partial charge on any atom is 0.239 e. The van der Waals surface area contributed by atoms with E-state index >= 15 is 0 Å². The van der Waals surface area contributed by atoms with Crippen molar-refractivity contribution in [1.29, 1.82) is 0 Å². The zero-order chi connectivity index (χ0) is 22.0. The van der Waals surface area contributed by atoms with Crippen molar-refractivity contribution < 1.29 is 37.9 Å². The Morgan fingerprint density at radius 1 is 0.700 bits per heavy atom. The molecule has 0 bridgehead atoms. The lowest BCUT2D eigenvalue weighted by molar-refractivity contribution is 0.324. The zero-order valence-corrected chi connectivity index (χ0v) is 17.4. The van der Waals surface area contributed by atoms with E-state index < -0.39 is 5.43 Å². The van der Waals surface area contributed by atoms with Gasteiger partial charge in [0.25, 0.3) is 0 Å². The molecule has 0 aliphatic carbocycles. The molecule has 0 amide bonds. The molecule has 1 aromatic heterocycles. The first-order valence-electron chi connectivity index (χ1n) is 8.74. The SMILES string of the molecule is COc1cc(-c2oc3c(OC)c(OC)cc(O)c3c(=O)c2OC)cc(OC)c1OC. The summed E-state index contributed by atoms with van der Waals surface area (Å²) in [4.78, 5) is 13.1. The number of methoxy groups -OCH3 is 6. The normalized spacial score (nSPS) is 10.6. The molecule has 0 radical (unpaired) electrons. The van der Waals surface area contributed by atoms with Crippen LogP contribution in [0.15, 0.2) is 27.4 Å². The molecule has 0 saturated carbocycles. The summed E-state index contributed by atoms with van der Waals surface area (Å²) in [5.74, 6) is 1.09. The fourth-order valence-electron chi connectivity index (χ4n) is 3.22. The molecule has 0 aliphatic rings. The van der Waals surface area contributed by atoms with E-state index in [0.717, 1.165) is 0 Å². The molecule has 0 spiro atoms. The van der Waals surface area contributed by atoms with Crippen LogP contribution in [0.5, 0.6) is 40.2 Å². The van der Waals surface area contributed by atoms with E-state index in [1.807, 2.05) is 0 Å². The van der Waals surface area contributed by atoms with E-state index in [4.69, 9.17) is 32.8 Å². The molecule has 2 aromatic carbocycles. The summed E-state index contributed by atoms with van der Waals surface area (Å²) < 4.78 is 38.1. The summed E-state index contributed by atoms with van der Waals surface area (Å²) in [6.45, 7) is 0. The van der Waals surface area contributed by atoms with Gasteiger partial charge in [0.15, 0.2) is 28.6 Å². The van der Waals surface area contributed by atoms with Crippen molar-refractivity contribution in [2.45, 2.75) is 0 Å². The Kier molecular flexibility index (Phi) is 5.81. The molecular weight excluding hydrogens is 396 g/mol. The Morgan fingerprint density at radius 2 is 1.20 bits per heavy atom. The van der Waals surface area contributed by atoms with Gasteiger partial charge in [0.2, 0.25) is 22.7 Å². The Bertz CT molecular complexity index is 1120. The number of fused-ring (bicyclic) bond motifs is 1. The second kappa shape index (κ2) is 8.32. The van der Waals surface area contributed by atoms with E-state index in [1.165, 1.54) is 48.7 Å². The van der Waals surface area contributed by atoms with Gasteiger partial charge in [-0.05, 0) is 12.1 Å². The smallest absolute Gasteiger partial charge is 0.239 e. The third-order valence-electron chi connectivity index (χ3n) is 4.58. The second-order valence-corrected chi connectivity index (χ2v) is 6.04. The van der Waals surface area contributed by atoms with Crippen molar-refractivity contribution in [1.82, 2.24) is 0 Å². The fraction of sp³-hybridized carbons (Fsp3) is 0.286. The first-order chi connectivity index (χ1) is 14.4. The third kappa shape index (κ3) is 3.18. The molecule has 1 heterocycles. The second-order valence-electron chi connectivity index (χ2n) is 6.04. The highest BCUT2D eigenvalue weighted by Gasteiger charge is 2.26. The predicted octanol–water partition coefficient (Wildman–Crippen LogP) is 3.22. The average Bonchev–Trinajstić information content (AvgIpc) is 2.77. The van der Waals surface area contributed by atoms with Gasteiger partial charge < -0.3 is 37.9 Å². The molecule has 3 aromatic rings. The summed E-state index contributed by atoms with van der Waals surface area (Å²) in [5, 5.41) is 10.3. The topological polar surface area (TPSA) is 106 Å². The number of aromatic hydroxyl groups is 1. The van der Waals surface area contributed by atoms with Gasteiger partial charge in [-0.1, -0.05) is 0 Å². The minimum absolute atomic E-state index is 0.00361. The van der Waals surface area contributed by atoms with Crippen molar-refractivity contribution in [3.8, 4) is 51.6 Å². The number of phenolic OH excluding ortho intramolecular Hbond substituents is 1. The van der Waals surface area contributed by atoms with Gasteiger partial charge in [-0.25, -0.2) is 0 Å². The molecule has 0 unspecified atom stereocenters. The first-order valence-corrected chi connectivity index (χ1v) is 8.74. The monoisotopic (exact) mass is 418 g/mol. The molecule has 0 saturated heterocycles. The molecular formula is C21H22O9. The van der Waals surface area contributed by atoms with Gasteiger partial charge in [0, 0.05) is 11.6 Å². The summed E-state index contributed by atoms with van der Waals surface area (Å²) in [5.41, 5.74) is -0.158. The van der Waals surface area contributed by atoms with Gasteiger partial charge in [-0.3, -0.25) is 4.79 Å². The van der Waals surface area contributed by atoms with Gasteiger partial charge in [-0.15, -0.1) is 0 Å². The van der Waals surface area contributed by atoms with Crippen LogP contribution in [0, 0.1) is 0 Å². The summed E-state index contributed by atoms with van der Waals surface area (Å²) in [6, 6.07) is 4.50. The van der Waals surface area contributed by atoms with Crippen LogP contribution in [-0.2, 0) is 0 Å². The highest BCUT2D eigenvalue weighted by Crippen LogP contribution is 2.46. The highest BCUT2D eigenvalue weighted by atomic mass is 16.5. The summed E-state index contributed by atoms with van der Waals surface area (Å²) in [7, 11) is 8.57. The van der Waals surface area contributed by atoms with Gasteiger partial charge in [0.1, 0.15) is 11.1 Å². The molecule has 0 atom stereocenters. The minimum Gasteiger partial charge on any atom is -0.507 e. The van der Waals surface area contributed by atoms with E-state index in [9.17, 15) is 9.90 Å². The van der Waals surface area contributed by atoms with Crippen LogP contribution in [0.1, 0.15) is 0 Å². The van der Waals surface area contributed by atoms with Crippen molar-refractivity contribution in [2.75, 3.05) is 42.7 Å². The lowest BCUT2D eigenvalue weighted by atomic mass is 10.1. The maximum absolute atomic E-state index is 13.1. The minimum atomic E-state index is -0.582. The number of hydrogen-bond acceptors (Lipinski definition) is 9. The van der Waals surface area contributed by atoms with Crippen LogP contribution in [-0.4, -0.2) is 47.8 Å². The Hall–Kier alpha value is -3.75. The predicted molar refractivity (Wildman–Crippen MR) is 109 cm³/mol. The summed E-state index contributed by atoms with van der Waals surface area (Å²) in [6.07, 6.45) is 0. The molecule has 160 valence electrons. The van der Waals surface area contributed by atoms with Gasteiger partial charge in [-0.2, -0.15) is 0 Å². The van der Waals surface area contributed by atoms with Crippen molar-refractivity contribution in [2.24, 2.45) is 0 Å². The Labute approximate surface area is 172 Å². The maximum atomic E-state index is 13.1. The lowest BCUT2D eigenvalue weighted by Crippen LogP contribution is -2.09. The largest absolute Gasteiger partial charge is 0.507 e. The molecule has 3 rings (SSSR count).